The summed E-state index contributed by atoms with van der Waals surface area (Å²) in [4.78, 5) is 79.5. The molecule has 0 saturated heterocycles. The molecule has 100 heavy (non-hydrogen) atoms. The average molecular weight is 1360 g/mol. The van der Waals surface area contributed by atoms with Crippen LogP contribution in [0.3, 0.4) is 0 Å². The molecule has 4 aliphatic carbocycles. The number of allylic oxidation sites excluding steroid dienone is 1. The summed E-state index contributed by atoms with van der Waals surface area (Å²) in [6.45, 7) is 13.8. The smallest absolute Gasteiger partial charge is 0.497 e. The second-order valence-electron chi connectivity index (χ2n) is 29.3. The number of hydrogen-bond donors (Lipinski definition) is 5. The number of anilines is 1. The quantitative estimate of drug-likeness (QED) is 0.00484. The number of carbonyl (C=O) groups excluding carboxylic acids is 5. The van der Waals surface area contributed by atoms with E-state index in [-0.39, 0.29) is 61.2 Å². The molecule has 3 saturated carbocycles. The van der Waals surface area contributed by atoms with Crippen molar-refractivity contribution in [2.45, 2.75) is 181 Å². The van der Waals surface area contributed by atoms with Gasteiger partial charge in [0.25, 0.3) is 5.69 Å². The van der Waals surface area contributed by atoms with Gasteiger partial charge >= 0.3 is 6.16 Å². The molecule has 3 fully saturated rings. The van der Waals surface area contributed by atoms with Crippen molar-refractivity contribution >= 4 is 41.2 Å². The van der Waals surface area contributed by atoms with Crippen LogP contribution in [-0.4, -0.2) is 79.7 Å². The van der Waals surface area contributed by atoms with Crippen LogP contribution in [0.1, 0.15) is 172 Å². The summed E-state index contributed by atoms with van der Waals surface area (Å²) >= 11 is 0. The topological polar surface area (TPSA) is 226 Å². The minimum Gasteiger partial charge on any atom is -0.497 e. The minimum atomic E-state index is -1.10. The Labute approximate surface area is 591 Å². The van der Waals surface area contributed by atoms with Crippen LogP contribution in [0.25, 0.3) is 0 Å². The number of nitro benzene ring substituents is 1. The Kier molecular flexibility index (Phi) is 26.0. The Morgan fingerprint density at radius 2 is 1.29 bits per heavy atom. The van der Waals surface area contributed by atoms with Crippen molar-refractivity contribution in [3.63, 3.8) is 0 Å². The molecule has 17 heteroatoms. The fourth-order valence-corrected chi connectivity index (χ4v) is 17.1. The third-order valence-electron chi connectivity index (χ3n) is 22.5. The number of nitro groups is 1. The first-order valence-corrected chi connectivity index (χ1v) is 36.6. The van der Waals surface area contributed by atoms with E-state index < -0.39 is 46.4 Å². The maximum atomic E-state index is 14.7. The molecule has 0 heterocycles. The van der Waals surface area contributed by atoms with E-state index in [0.29, 0.717) is 55.6 Å². The second kappa shape index (κ2) is 35.1. The van der Waals surface area contributed by atoms with Crippen LogP contribution in [0.5, 0.6) is 11.5 Å². The fourth-order valence-electron chi connectivity index (χ4n) is 17.1. The van der Waals surface area contributed by atoms with Gasteiger partial charge in [-0.05, 0) is 194 Å². The maximum Gasteiger partial charge on any atom is 0.514 e. The zero-order chi connectivity index (χ0) is 70.7. The first-order valence-electron chi connectivity index (χ1n) is 36.6. The summed E-state index contributed by atoms with van der Waals surface area (Å²) in [6, 6.07) is 47.3. The van der Waals surface area contributed by atoms with Gasteiger partial charge in [0.05, 0.1) is 23.7 Å². The summed E-state index contributed by atoms with van der Waals surface area (Å²) in [5.41, 5.74) is 6.22. The van der Waals surface area contributed by atoms with Crippen LogP contribution in [0, 0.1) is 56.5 Å². The molecule has 4 amide bonds. The zero-order valence-electron chi connectivity index (χ0n) is 59.4. The van der Waals surface area contributed by atoms with E-state index in [2.05, 4.69) is 104 Å². The molecule has 4 aliphatic rings. The van der Waals surface area contributed by atoms with Gasteiger partial charge < -0.3 is 40.2 Å². The van der Waals surface area contributed by atoms with Crippen LogP contribution in [0.15, 0.2) is 175 Å². The van der Waals surface area contributed by atoms with Crippen molar-refractivity contribution in [3.8, 4) is 11.5 Å². The molecule has 10 rings (SSSR count). The number of nitrogens with one attached hydrogen (secondary N) is 5. The number of hydrogen-bond acceptors (Lipinski definition) is 12. The number of amides is 4. The number of unbranched alkanes of at least 4 members (excludes halogenated alkanes) is 1. The van der Waals surface area contributed by atoms with E-state index in [9.17, 15) is 34.1 Å². The number of benzene rings is 6. The molecule has 6 aromatic rings. The van der Waals surface area contributed by atoms with Crippen molar-refractivity contribution in [1.29, 1.82) is 0 Å². The first kappa shape index (κ1) is 74.0. The Bertz CT molecular complexity index is 3650. The van der Waals surface area contributed by atoms with Gasteiger partial charge in [-0.25, -0.2) is 4.79 Å². The number of carbonyl (C=O) groups is 5. The van der Waals surface area contributed by atoms with Crippen LogP contribution in [0.4, 0.5) is 16.2 Å². The van der Waals surface area contributed by atoms with Gasteiger partial charge in [0.1, 0.15) is 30.2 Å². The lowest BCUT2D eigenvalue weighted by atomic mass is 9.47. The Morgan fingerprint density at radius 1 is 0.630 bits per heavy atom. The van der Waals surface area contributed by atoms with E-state index >= 15 is 0 Å². The lowest BCUT2D eigenvalue weighted by Crippen LogP contribution is -2.53. The van der Waals surface area contributed by atoms with Gasteiger partial charge in [0.2, 0.25) is 23.6 Å². The summed E-state index contributed by atoms with van der Waals surface area (Å²) in [7, 11) is 1.64. The molecule has 5 N–H and O–H groups in total. The van der Waals surface area contributed by atoms with Crippen LogP contribution < -0.4 is 36.1 Å². The van der Waals surface area contributed by atoms with Gasteiger partial charge in [0, 0.05) is 50.2 Å². The van der Waals surface area contributed by atoms with Crippen molar-refractivity contribution in [1.82, 2.24) is 21.3 Å². The Hall–Kier alpha value is -8.67. The van der Waals surface area contributed by atoms with Gasteiger partial charge in [-0.1, -0.05) is 181 Å². The van der Waals surface area contributed by atoms with E-state index in [4.69, 9.17) is 18.9 Å². The summed E-state index contributed by atoms with van der Waals surface area (Å²) < 4.78 is 22.6. The molecule has 10 atom stereocenters. The summed E-state index contributed by atoms with van der Waals surface area (Å²) in [5.74, 6) is 3.81. The highest BCUT2D eigenvalue weighted by Gasteiger charge is 2.59. The first-order chi connectivity index (χ1) is 48.3. The third kappa shape index (κ3) is 18.8. The van der Waals surface area contributed by atoms with Crippen molar-refractivity contribution in [3.05, 3.63) is 213 Å². The normalized spacial score (nSPS) is 21.7. The van der Waals surface area contributed by atoms with Crippen LogP contribution >= 0.6 is 0 Å². The highest BCUT2D eigenvalue weighted by atomic mass is 16.7. The van der Waals surface area contributed by atoms with Gasteiger partial charge in [-0.2, -0.15) is 0 Å². The van der Waals surface area contributed by atoms with Crippen molar-refractivity contribution in [2.24, 2.45) is 46.3 Å². The van der Waals surface area contributed by atoms with Gasteiger partial charge in [-0.15, -0.1) is 0 Å². The van der Waals surface area contributed by atoms with Crippen LogP contribution in [-0.2, 0) is 47.2 Å². The SMILES string of the molecule is COc1ccc(C(NCCCC[C@@H](NC(=O)[C@H](Cc2ccccc2)NC(=O)CCC(=O)NCCCO[C@H]2CC[C@@]3(C)C(=CCC4[C@@H]3CC[C@]3(C)C([C@H](C)CCCC(C)C)CC[C@@H]43)C2)C(=O)Nc2ccc(COC(=O)Oc3ccc([N+](=O)[O-])cc3)cc2)(c2ccccc2)c2ccccc2)cc1. The summed E-state index contributed by atoms with van der Waals surface area (Å²) in [6.07, 6.45) is 17.6. The maximum absolute atomic E-state index is 14.7. The predicted octanol–water partition coefficient (Wildman–Crippen LogP) is 15.9. The number of non-ortho nitro benzene ring substituents is 1. The van der Waals surface area contributed by atoms with Crippen molar-refractivity contribution < 1.29 is 47.8 Å². The van der Waals surface area contributed by atoms with E-state index in [1.54, 1.807) is 36.9 Å². The second-order valence-corrected chi connectivity index (χ2v) is 29.3. The standard InChI is InChI=1S/C83H104N6O11/c1-57(2)20-18-21-58(3)71-43-44-72-70-42-33-64-55-69(47-49-81(64,4)73(70)48-50-82(71,72)5)98-53-19-51-84-76(90)45-46-77(91)87-75(54-59-22-10-7-11-23-59)79(93)88-74(78(92)86-65-34-29-60(30-35-65)56-99-80(94)100-68-40-36-66(37-41-68)89(95)96)28-16-17-52-85-83(61-24-12-8-13-25-61,62-26-14-9-15-27-62)63-31-38-67(97-6)39-32-63/h7-15,22-27,29-41,57-58,69-75,85H,16-21,28,42-56H2,1-6H3,(H,84,90)(H,86,92)(H,87,91)(H,88,93)/t58-,69+,70?,71?,72+,73+,74-,75+,81+,82-/m1/s1. The number of fused-ring (bicyclic) bond motifs is 5. The molecule has 532 valence electrons. The number of rotatable bonds is 34. The Morgan fingerprint density at radius 3 is 1.96 bits per heavy atom. The lowest BCUT2D eigenvalue weighted by molar-refractivity contribution is -0.384. The van der Waals surface area contributed by atoms with Crippen LogP contribution in [0.2, 0.25) is 0 Å². The molecular weight excluding hydrogens is 1260 g/mol. The number of ether oxygens (including phenoxy) is 4. The minimum absolute atomic E-state index is 0.0737. The molecular formula is C83H104N6O11. The molecule has 0 aromatic heterocycles. The highest BCUT2D eigenvalue weighted by Crippen LogP contribution is 2.67. The monoisotopic (exact) mass is 1360 g/mol. The predicted molar refractivity (Wildman–Crippen MR) is 390 cm³/mol. The lowest BCUT2D eigenvalue weighted by Gasteiger charge is -2.58. The molecule has 0 spiro atoms. The third-order valence-corrected chi connectivity index (χ3v) is 22.5. The van der Waals surface area contributed by atoms with E-state index in [1.165, 1.54) is 82.1 Å². The average Bonchev–Trinajstić information content (AvgIpc) is 1.40. The molecule has 0 bridgehead atoms. The molecule has 17 nitrogen and oxygen atoms in total. The summed E-state index contributed by atoms with van der Waals surface area (Å²) in [5, 5.41) is 26.8. The van der Waals surface area contributed by atoms with E-state index in [1.807, 2.05) is 78.9 Å². The zero-order valence-corrected chi connectivity index (χ0v) is 59.4. The molecule has 0 radical (unpaired) electrons. The fraction of sp³-hybridized carbons (Fsp3) is 0.482. The van der Waals surface area contributed by atoms with Gasteiger partial charge in [0.15, 0.2) is 0 Å². The molecule has 6 aromatic carbocycles. The molecule has 0 aliphatic heterocycles. The molecule has 2 unspecified atom stereocenters. The number of methoxy groups -OCH3 is 1. The van der Waals surface area contributed by atoms with Gasteiger partial charge in [-0.3, -0.25) is 34.6 Å². The number of nitrogens with zero attached hydrogens (tertiary/aromatic N) is 1. The van der Waals surface area contributed by atoms with Crippen molar-refractivity contribution in [2.75, 3.05) is 32.1 Å². The Balaban J connectivity index is 0.735. The highest BCUT2D eigenvalue weighted by molar-refractivity contribution is 5.98. The van der Waals surface area contributed by atoms with E-state index in [0.717, 1.165) is 76.4 Å². The largest absolute Gasteiger partial charge is 0.514 e.